The minimum absolute atomic E-state index is 0.0319. The van der Waals surface area contributed by atoms with Crippen LogP contribution in [0.5, 0.6) is 0 Å². The topological polar surface area (TPSA) is 69.7 Å². The lowest BCUT2D eigenvalue weighted by Crippen LogP contribution is -2.56. The number of hydrogen-bond donors (Lipinski definition) is 1. The lowest BCUT2D eigenvalue weighted by molar-refractivity contribution is -0.137. The number of nitrogens with one attached hydrogen (secondary N) is 1. The van der Waals surface area contributed by atoms with Crippen LogP contribution in [0.4, 0.5) is 5.69 Å². The number of hydrogen-bond acceptors (Lipinski definition) is 4. The second-order valence-corrected chi connectivity index (χ2v) is 8.70. The Kier molecular flexibility index (Phi) is 5.71. The van der Waals surface area contributed by atoms with E-state index in [2.05, 4.69) is 23.2 Å². The van der Waals surface area contributed by atoms with E-state index in [4.69, 9.17) is 11.6 Å². The summed E-state index contributed by atoms with van der Waals surface area (Å²) >= 11 is 6.27. The maximum absolute atomic E-state index is 13.0. The lowest BCUT2D eigenvalue weighted by Gasteiger charge is -2.43. The van der Waals surface area contributed by atoms with Crippen LogP contribution >= 0.6 is 11.6 Å². The van der Waals surface area contributed by atoms with E-state index < -0.39 is 5.54 Å². The number of anilines is 1. The van der Waals surface area contributed by atoms with E-state index in [9.17, 15) is 14.4 Å². The van der Waals surface area contributed by atoms with Crippen LogP contribution in [0.15, 0.2) is 18.2 Å². The number of amides is 2. The number of nitrogens with zero attached hydrogens (tertiary/aromatic N) is 2. The Morgan fingerprint density at radius 3 is 2.68 bits per heavy atom. The van der Waals surface area contributed by atoms with Crippen LogP contribution < -0.4 is 10.2 Å². The van der Waals surface area contributed by atoms with Crippen molar-refractivity contribution >= 4 is 34.9 Å². The number of Topliss-reactive ketones (excluding diaryl/α,β-unsaturated/α-hetero) is 1. The summed E-state index contributed by atoms with van der Waals surface area (Å²) in [6.45, 7) is 9.64. The van der Waals surface area contributed by atoms with Crippen LogP contribution in [0.1, 0.15) is 39.2 Å². The molecule has 1 aromatic carbocycles. The molecule has 2 aliphatic heterocycles. The Labute approximate surface area is 171 Å². The Bertz CT molecular complexity index is 812. The van der Waals surface area contributed by atoms with Crippen LogP contribution in [-0.4, -0.2) is 53.7 Å². The van der Waals surface area contributed by atoms with Crippen LogP contribution in [0.3, 0.4) is 0 Å². The number of carbonyl (C=O) groups is 3. The van der Waals surface area contributed by atoms with Crippen molar-refractivity contribution in [3.63, 3.8) is 0 Å². The Morgan fingerprint density at radius 1 is 1.36 bits per heavy atom. The number of rotatable bonds is 4. The molecule has 152 valence electrons. The fraction of sp³-hybridized carbons (Fsp3) is 0.571. The number of halogens is 1. The summed E-state index contributed by atoms with van der Waals surface area (Å²) in [5.41, 5.74) is 1.22. The minimum Gasteiger partial charge on any atom is -0.365 e. The number of benzene rings is 1. The maximum Gasteiger partial charge on any atom is 0.228 e. The zero-order chi connectivity index (χ0) is 20.6. The molecule has 3 atom stereocenters. The molecule has 2 aliphatic rings. The fourth-order valence-electron chi connectivity index (χ4n) is 4.36. The Morgan fingerprint density at radius 2 is 2.07 bits per heavy atom. The molecule has 0 saturated carbocycles. The molecule has 2 heterocycles. The third-order valence-corrected chi connectivity index (χ3v) is 6.39. The summed E-state index contributed by atoms with van der Waals surface area (Å²) in [7, 11) is 0. The standard InChI is InChI=1S/C21H28ClN3O3/c1-13(11-21(4)18(26)10-19(27)23-21)20(28)24-8-9-25(14(2)12-24)17-7-5-6-16(22)15(17)3/h5-7,13-14H,8-12H2,1-4H3,(H,23,27)/t13-,14-,21+/m0/s1. The maximum atomic E-state index is 13.0. The molecule has 28 heavy (non-hydrogen) atoms. The van der Waals surface area contributed by atoms with E-state index in [-0.39, 0.29) is 36.0 Å². The van der Waals surface area contributed by atoms with Crippen molar-refractivity contribution in [3.05, 3.63) is 28.8 Å². The first-order valence-corrected chi connectivity index (χ1v) is 10.1. The van der Waals surface area contributed by atoms with Crippen molar-refractivity contribution in [1.82, 2.24) is 10.2 Å². The zero-order valence-corrected chi connectivity index (χ0v) is 17.7. The highest BCUT2D eigenvalue weighted by Gasteiger charge is 2.44. The zero-order valence-electron chi connectivity index (χ0n) is 16.9. The number of ketones is 1. The van der Waals surface area contributed by atoms with Crippen LogP contribution in [0, 0.1) is 12.8 Å². The summed E-state index contributed by atoms with van der Waals surface area (Å²) in [6.07, 6.45) is 0.241. The van der Waals surface area contributed by atoms with Crippen molar-refractivity contribution in [2.24, 2.45) is 5.92 Å². The van der Waals surface area contributed by atoms with Gasteiger partial charge in [-0.2, -0.15) is 0 Å². The minimum atomic E-state index is -0.933. The molecule has 0 aliphatic carbocycles. The van der Waals surface area contributed by atoms with Crippen molar-refractivity contribution < 1.29 is 14.4 Å². The highest BCUT2D eigenvalue weighted by Crippen LogP contribution is 2.30. The molecule has 0 bridgehead atoms. The summed E-state index contributed by atoms with van der Waals surface area (Å²) in [6, 6.07) is 6.05. The third-order valence-electron chi connectivity index (χ3n) is 5.98. The first-order chi connectivity index (χ1) is 13.1. The first-order valence-electron chi connectivity index (χ1n) is 9.77. The SMILES string of the molecule is Cc1c(Cl)cccc1N1CCN(C(=O)[C@@H](C)C[C@@]2(C)NC(=O)CC2=O)C[C@@H]1C. The first kappa shape index (κ1) is 20.6. The van der Waals surface area contributed by atoms with Gasteiger partial charge in [0.15, 0.2) is 5.78 Å². The predicted octanol–water partition coefficient (Wildman–Crippen LogP) is 2.56. The van der Waals surface area contributed by atoms with Crippen molar-refractivity contribution in [3.8, 4) is 0 Å². The highest BCUT2D eigenvalue weighted by molar-refractivity contribution is 6.31. The molecule has 6 nitrogen and oxygen atoms in total. The van der Waals surface area contributed by atoms with Gasteiger partial charge in [0.2, 0.25) is 11.8 Å². The van der Waals surface area contributed by atoms with Gasteiger partial charge in [-0.05, 0) is 44.9 Å². The molecular weight excluding hydrogens is 378 g/mol. The lowest BCUT2D eigenvalue weighted by atomic mass is 9.87. The summed E-state index contributed by atoms with van der Waals surface area (Å²) < 4.78 is 0. The Balaban J connectivity index is 1.65. The molecule has 2 amide bonds. The van der Waals surface area contributed by atoms with Gasteiger partial charge in [0, 0.05) is 42.3 Å². The monoisotopic (exact) mass is 405 g/mol. The molecule has 2 saturated heterocycles. The van der Waals surface area contributed by atoms with Gasteiger partial charge in [-0.3, -0.25) is 14.4 Å². The average molecular weight is 406 g/mol. The van der Waals surface area contributed by atoms with E-state index in [0.29, 0.717) is 19.5 Å². The Hall–Kier alpha value is -2.08. The molecule has 1 aromatic rings. The smallest absolute Gasteiger partial charge is 0.228 e. The van der Waals surface area contributed by atoms with Crippen LogP contribution in [0.25, 0.3) is 0 Å². The van der Waals surface area contributed by atoms with Gasteiger partial charge in [-0.1, -0.05) is 24.6 Å². The molecule has 0 unspecified atom stereocenters. The molecule has 0 radical (unpaired) electrons. The van der Waals surface area contributed by atoms with E-state index in [1.165, 1.54) is 0 Å². The van der Waals surface area contributed by atoms with E-state index in [0.717, 1.165) is 22.8 Å². The predicted molar refractivity (Wildman–Crippen MR) is 110 cm³/mol. The number of piperazine rings is 1. The second kappa shape index (κ2) is 7.74. The van der Waals surface area contributed by atoms with Gasteiger partial charge >= 0.3 is 0 Å². The van der Waals surface area contributed by atoms with Gasteiger partial charge in [-0.15, -0.1) is 0 Å². The van der Waals surface area contributed by atoms with Crippen molar-refractivity contribution in [2.45, 2.75) is 52.1 Å². The highest BCUT2D eigenvalue weighted by atomic mass is 35.5. The third kappa shape index (κ3) is 3.88. The fourth-order valence-corrected chi connectivity index (χ4v) is 4.53. The molecule has 0 aromatic heterocycles. The molecule has 1 N–H and O–H groups in total. The molecule has 2 fully saturated rings. The van der Waals surface area contributed by atoms with E-state index in [1.54, 1.807) is 6.92 Å². The normalized spacial score (nSPS) is 26.4. The van der Waals surface area contributed by atoms with E-state index in [1.807, 2.05) is 30.9 Å². The van der Waals surface area contributed by atoms with Crippen molar-refractivity contribution in [1.29, 1.82) is 0 Å². The molecule has 7 heteroatoms. The quantitative estimate of drug-likeness (QED) is 0.781. The van der Waals surface area contributed by atoms with Gasteiger partial charge in [0.1, 0.15) is 0 Å². The van der Waals surface area contributed by atoms with Gasteiger partial charge in [0.05, 0.1) is 12.0 Å². The molecule has 0 spiro atoms. The number of carbonyl (C=O) groups excluding carboxylic acids is 3. The summed E-state index contributed by atoms with van der Waals surface area (Å²) in [5, 5.41) is 3.48. The van der Waals surface area contributed by atoms with E-state index >= 15 is 0 Å². The van der Waals surface area contributed by atoms with Crippen LogP contribution in [0.2, 0.25) is 5.02 Å². The summed E-state index contributed by atoms with van der Waals surface area (Å²) in [5.74, 6) is -0.693. The van der Waals surface area contributed by atoms with Gasteiger partial charge in [-0.25, -0.2) is 0 Å². The average Bonchev–Trinajstić information content (AvgIpc) is 2.88. The largest absolute Gasteiger partial charge is 0.365 e. The molecule has 3 rings (SSSR count). The van der Waals surface area contributed by atoms with Gasteiger partial charge < -0.3 is 15.1 Å². The van der Waals surface area contributed by atoms with Crippen LogP contribution in [-0.2, 0) is 14.4 Å². The molecular formula is C21H28ClN3O3. The second-order valence-electron chi connectivity index (χ2n) is 8.30. The van der Waals surface area contributed by atoms with Crippen molar-refractivity contribution in [2.75, 3.05) is 24.5 Å². The summed E-state index contributed by atoms with van der Waals surface area (Å²) in [4.78, 5) is 40.8. The van der Waals surface area contributed by atoms with Gasteiger partial charge in [0.25, 0.3) is 0 Å².